The first kappa shape index (κ1) is 21.0. The van der Waals surface area contributed by atoms with Gasteiger partial charge >= 0.3 is 5.97 Å². The van der Waals surface area contributed by atoms with Gasteiger partial charge in [0.05, 0.1) is 17.5 Å². The van der Waals surface area contributed by atoms with Crippen LogP contribution in [0.4, 0.5) is 0 Å². The molecule has 1 amide bonds. The van der Waals surface area contributed by atoms with Crippen molar-refractivity contribution in [2.45, 2.75) is 52.6 Å². The van der Waals surface area contributed by atoms with E-state index in [1.54, 1.807) is 0 Å². The van der Waals surface area contributed by atoms with E-state index in [-0.39, 0.29) is 18.4 Å². The van der Waals surface area contributed by atoms with Gasteiger partial charge in [-0.2, -0.15) is 5.10 Å². The van der Waals surface area contributed by atoms with E-state index >= 15 is 0 Å². The third-order valence-electron chi connectivity index (χ3n) is 5.51. The number of ether oxygens (including phenoxy) is 1. The Hall–Kier alpha value is -2.67. The number of rotatable bonds is 8. The number of nitrogens with zero attached hydrogens (tertiary/aromatic N) is 3. The average molecular weight is 399 g/mol. The molecule has 0 spiro atoms. The van der Waals surface area contributed by atoms with E-state index < -0.39 is 5.97 Å². The van der Waals surface area contributed by atoms with Gasteiger partial charge < -0.3 is 14.7 Å². The number of aryl methyl sites for hydroxylation is 1. The number of carbonyl (C=O) groups excluding carboxylic acids is 1. The van der Waals surface area contributed by atoms with Gasteiger partial charge in [-0.05, 0) is 69.9 Å². The Morgan fingerprint density at radius 1 is 1.28 bits per heavy atom. The highest BCUT2D eigenvalue weighted by Crippen LogP contribution is 2.21. The molecule has 1 fully saturated rings. The van der Waals surface area contributed by atoms with Crippen LogP contribution in [0.25, 0.3) is 5.69 Å². The Kier molecular flexibility index (Phi) is 6.69. The summed E-state index contributed by atoms with van der Waals surface area (Å²) < 4.78 is 7.48. The molecule has 0 unspecified atom stereocenters. The fourth-order valence-corrected chi connectivity index (χ4v) is 3.84. The molecule has 7 nitrogen and oxygen atoms in total. The van der Waals surface area contributed by atoms with Crippen molar-refractivity contribution in [2.75, 3.05) is 19.7 Å². The summed E-state index contributed by atoms with van der Waals surface area (Å²) in [4.78, 5) is 25.6. The lowest BCUT2D eigenvalue weighted by atomic mass is 10.1. The molecular weight excluding hydrogens is 370 g/mol. The van der Waals surface area contributed by atoms with Gasteiger partial charge in [0.15, 0.2) is 0 Å². The summed E-state index contributed by atoms with van der Waals surface area (Å²) in [7, 11) is 0. The molecule has 1 atom stereocenters. The fourth-order valence-electron chi connectivity index (χ4n) is 3.84. The van der Waals surface area contributed by atoms with E-state index in [9.17, 15) is 9.59 Å². The van der Waals surface area contributed by atoms with Crippen molar-refractivity contribution in [3.63, 3.8) is 0 Å². The van der Waals surface area contributed by atoms with E-state index in [0.29, 0.717) is 25.1 Å². The number of benzene rings is 1. The quantitative estimate of drug-likeness (QED) is 0.737. The van der Waals surface area contributed by atoms with Gasteiger partial charge in [0.25, 0.3) is 5.91 Å². The lowest BCUT2D eigenvalue weighted by molar-refractivity contribution is -0.136. The Labute approximate surface area is 171 Å². The Bertz CT molecular complexity index is 867. The second-order valence-electron chi connectivity index (χ2n) is 7.48. The third kappa shape index (κ3) is 4.85. The van der Waals surface area contributed by atoms with E-state index in [1.807, 2.05) is 54.6 Å². The topological polar surface area (TPSA) is 84.7 Å². The van der Waals surface area contributed by atoms with Crippen molar-refractivity contribution in [3.05, 3.63) is 46.8 Å². The molecule has 1 aliphatic heterocycles. The predicted octanol–water partition coefficient (Wildman–Crippen LogP) is 3.15. The minimum Gasteiger partial charge on any atom is -0.481 e. The van der Waals surface area contributed by atoms with Crippen LogP contribution in [-0.2, 0) is 16.0 Å². The second kappa shape index (κ2) is 9.22. The summed E-state index contributed by atoms with van der Waals surface area (Å²) in [5.74, 6) is -0.812. The normalized spacial score (nSPS) is 16.2. The van der Waals surface area contributed by atoms with E-state index in [0.717, 1.165) is 42.1 Å². The highest BCUT2D eigenvalue weighted by atomic mass is 16.5. The number of hydrogen-bond acceptors (Lipinski definition) is 4. The summed E-state index contributed by atoms with van der Waals surface area (Å²) >= 11 is 0. The number of carbonyl (C=O) groups is 2. The molecule has 1 aromatic carbocycles. The van der Waals surface area contributed by atoms with Gasteiger partial charge in [-0.1, -0.05) is 0 Å². The third-order valence-corrected chi connectivity index (χ3v) is 5.51. The molecule has 0 radical (unpaired) electrons. The van der Waals surface area contributed by atoms with Crippen LogP contribution in [-0.4, -0.2) is 57.5 Å². The van der Waals surface area contributed by atoms with Gasteiger partial charge in [-0.25, -0.2) is 4.68 Å². The number of aromatic nitrogens is 2. The minimum atomic E-state index is -0.817. The maximum absolute atomic E-state index is 12.9. The average Bonchev–Trinajstić information content (AvgIpc) is 3.32. The van der Waals surface area contributed by atoms with Crippen LogP contribution in [0.5, 0.6) is 0 Å². The summed E-state index contributed by atoms with van der Waals surface area (Å²) in [5, 5.41) is 13.5. The Morgan fingerprint density at radius 3 is 2.59 bits per heavy atom. The zero-order chi connectivity index (χ0) is 21.0. The number of aliphatic carboxylic acids is 1. The predicted molar refractivity (Wildman–Crippen MR) is 110 cm³/mol. The molecule has 1 aromatic heterocycles. The van der Waals surface area contributed by atoms with Gasteiger partial charge in [0, 0.05) is 37.4 Å². The van der Waals surface area contributed by atoms with Crippen LogP contribution in [0.15, 0.2) is 24.3 Å². The molecule has 1 N–H and O–H groups in total. The first-order chi connectivity index (χ1) is 13.9. The molecule has 156 valence electrons. The van der Waals surface area contributed by atoms with Crippen LogP contribution >= 0.6 is 0 Å². The fraction of sp³-hybridized carbons (Fsp3) is 0.500. The summed E-state index contributed by atoms with van der Waals surface area (Å²) in [5.41, 5.74) is 4.21. The number of hydrogen-bond donors (Lipinski definition) is 1. The molecule has 3 rings (SSSR count). The Balaban J connectivity index is 1.75. The number of carboxylic acids is 1. The van der Waals surface area contributed by atoms with E-state index in [1.165, 1.54) is 0 Å². The van der Waals surface area contributed by atoms with Crippen LogP contribution in [0.3, 0.4) is 0 Å². The number of amides is 1. The van der Waals surface area contributed by atoms with Crippen LogP contribution in [0, 0.1) is 13.8 Å². The van der Waals surface area contributed by atoms with Crippen molar-refractivity contribution < 1.29 is 19.4 Å². The molecule has 0 aliphatic carbocycles. The monoisotopic (exact) mass is 399 g/mol. The first-order valence-corrected chi connectivity index (χ1v) is 10.2. The standard InChI is InChI=1S/C22H29N3O4/c1-4-24(14-19-6-5-13-29-19)22(28)17-7-9-18(10-8-17)25-16(3)20(15(2)23-25)11-12-21(26)27/h7-10,19H,4-6,11-14H2,1-3H3,(H,26,27)/t19-/m0/s1. The molecule has 0 saturated carbocycles. The number of likely N-dealkylation sites (N-methyl/N-ethyl adjacent to an activating group) is 1. The Morgan fingerprint density at radius 2 is 2.00 bits per heavy atom. The second-order valence-corrected chi connectivity index (χ2v) is 7.48. The molecule has 2 aromatic rings. The first-order valence-electron chi connectivity index (χ1n) is 10.2. The van der Waals surface area contributed by atoms with Crippen molar-refractivity contribution in [1.29, 1.82) is 0 Å². The largest absolute Gasteiger partial charge is 0.481 e. The summed E-state index contributed by atoms with van der Waals surface area (Å²) in [6, 6.07) is 7.41. The molecule has 0 bridgehead atoms. The van der Waals surface area contributed by atoms with Crippen LogP contribution in [0.2, 0.25) is 0 Å². The number of carboxylic acid groups (broad SMARTS) is 1. The highest BCUT2D eigenvalue weighted by Gasteiger charge is 2.22. The van der Waals surface area contributed by atoms with Crippen LogP contribution < -0.4 is 0 Å². The van der Waals surface area contributed by atoms with Gasteiger partial charge in [0.1, 0.15) is 0 Å². The van der Waals surface area contributed by atoms with Gasteiger partial charge in [-0.15, -0.1) is 0 Å². The molecule has 7 heteroatoms. The zero-order valence-electron chi connectivity index (χ0n) is 17.4. The molecule has 1 aliphatic rings. The SMILES string of the molecule is CCN(C[C@@H]1CCCO1)C(=O)c1ccc(-n2nc(C)c(CCC(=O)O)c2C)cc1. The molecule has 2 heterocycles. The maximum Gasteiger partial charge on any atom is 0.303 e. The molecule has 29 heavy (non-hydrogen) atoms. The lowest BCUT2D eigenvalue weighted by Gasteiger charge is -2.24. The summed E-state index contributed by atoms with van der Waals surface area (Å²) in [6.07, 6.45) is 2.74. The maximum atomic E-state index is 12.9. The van der Waals surface area contributed by atoms with Crippen molar-refractivity contribution >= 4 is 11.9 Å². The van der Waals surface area contributed by atoms with Gasteiger partial charge in [0.2, 0.25) is 0 Å². The van der Waals surface area contributed by atoms with E-state index in [2.05, 4.69) is 5.10 Å². The molecule has 1 saturated heterocycles. The van der Waals surface area contributed by atoms with Crippen molar-refractivity contribution in [2.24, 2.45) is 0 Å². The lowest BCUT2D eigenvalue weighted by Crippen LogP contribution is -2.37. The van der Waals surface area contributed by atoms with E-state index in [4.69, 9.17) is 9.84 Å². The summed E-state index contributed by atoms with van der Waals surface area (Å²) in [6.45, 7) is 7.86. The van der Waals surface area contributed by atoms with Crippen molar-refractivity contribution in [1.82, 2.24) is 14.7 Å². The highest BCUT2D eigenvalue weighted by molar-refractivity contribution is 5.94. The zero-order valence-corrected chi connectivity index (χ0v) is 17.4. The minimum absolute atomic E-state index is 0.00469. The van der Waals surface area contributed by atoms with Gasteiger partial charge in [-0.3, -0.25) is 9.59 Å². The van der Waals surface area contributed by atoms with Crippen LogP contribution in [0.1, 0.15) is 53.5 Å². The smallest absolute Gasteiger partial charge is 0.303 e. The molecular formula is C22H29N3O4. The van der Waals surface area contributed by atoms with Crippen molar-refractivity contribution in [3.8, 4) is 5.69 Å².